The summed E-state index contributed by atoms with van der Waals surface area (Å²) in [5, 5.41) is 6.57. The number of nitrogens with zero attached hydrogens (tertiary/aromatic N) is 3. The standard InChI is InChI=1S/C25H28FN5O/c1-2-24(32)31-13-7-10-19(17-31)25-29-22(27-16-18-8-4-3-5-9-18)15-23(30-25)28-21-12-6-11-20(26)14-21/h3-6,8-9,11-12,14-15,19H,2,7,10,13,16-17H2,1H3,(H2,27,28,29,30). The number of aromatic nitrogens is 2. The highest BCUT2D eigenvalue weighted by atomic mass is 19.1. The minimum absolute atomic E-state index is 0.0609. The Labute approximate surface area is 187 Å². The Morgan fingerprint density at radius 1 is 1.09 bits per heavy atom. The first-order chi connectivity index (χ1) is 15.6. The lowest BCUT2D eigenvalue weighted by Gasteiger charge is -2.32. The molecule has 1 amide bonds. The molecule has 1 atom stereocenters. The molecule has 4 rings (SSSR count). The van der Waals surface area contributed by atoms with Crippen LogP contribution in [0.3, 0.4) is 0 Å². The average Bonchev–Trinajstić information content (AvgIpc) is 2.83. The second kappa shape index (κ2) is 10.2. The maximum Gasteiger partial charge on any atom is 0.222 e. The van der Waals surface area contributed by atoms with Crippen LogP contribution in [0.4, 0.5) is 21.7 Å². The molecule has 0 bridgehead atoms. The minimum Gasteiger partial charge on any atom is -0.366 e. The first-order valence-electron chi connectivity index (χ1n) is 11.1. The number of likely N-dealkylation sites (tertiary alicyclic amines) is 1. The van der Waals surface area contributed by atoms with Crippen LogP contribution >= 0.6 is 0 Å². The van der Waals surface area contributed by atoms with Crippen LogP contribution in [-0.2, 0) is 11.3 Å². The van der Waals surface area contributed by atoms with E-state index in [1.807, 2.05) is 36.1 Å². The predicted octanol–water partition coefficient (Wildman–Crippen LogP) is 5.09. The van der Waals surface area contributed by atoms with Gasteiger partial charge in [0, 0.05) is 43.7 Å². The molecule has 2 heterocycles. The van der Waals surface area contributed by atoms with Gasteiger partial charge in [-0.25, -0.2) is 14.4 Å². The zero-order valence-corrected chi connectivity index (χ0v) is 18.2. The number of nitrogens with one attached hydrogen (secondary N) is 2. The maximum atomic E-state index is 13.7. The predicted molar refractivity (Wildman–Crippen MR) is 124 cm³/mol. The monoisotopic (exact) mass is 433 g/mol. The fourth-order valence-corrected chi connectivity index (χ4v) is 3.94. The van der Waals surface area contributed by atoms with E-state index in [2.05, 4.69) is 22.8 Å². The van der Waals surface area contributed by atoms with Crippen LogP contribution in [-0.4, -0.2) is 33.9 Å². The van der Waals surface area contributed by atoms with Gasteiger partial charge in [0.05, 0.1) is 0 Å². The first-order valence-corrected chi connectivity index (χ1v) is 11.1. The van der Waals surface area contributed by atoms with Gasteiger partial charge in [-0.1, -0.05) is 43.3 Å². The molecule has 1 aliphatic rings. The van der Waals surface area contributed by atoms with E-state index in [9.17, 15) is 9.18 Å². The summed E-state index contributed by atoms with van der Waals surface area (Å²) < 4.78 is 13.7. The zero-order chi connectivity index (χ0) is 22.3. The molecule has 0 saturated carbocycles. The van der Waals surface area contributed by atoms with Gasteiger partial charge in [-0.15, -0.1) is 0 Å². The number of carbonyl (C=O) groups is 1. The molecule has 0 radical (unpaired) electrons. The summed E-state index contributed by atoms with van der Waals surface area (Å²) in [6.07, 6.45) is 2.35. The molecule has 2 aromatic carbocycles. The fourth-order valence-electron chi connectivity index (χ4n) is 3.94. The van der Waals surface area contributed by atoms with E-state index in [0.29, 0.717) is 42.7 Å². The van der Waals surface area contributed by atoms with Gasteiger partial charge in [-0.05, 0) is 36.6 Å². The lowest BCUT2D eigenvalue weighted by Crippen LogP contribution is -2.39. The molecule has 6 nitrogen and oxygen atoms in total. The highest BCUT2D eigenvalue weighted by molar-refractivity contribution is 5.76. The summed E-state index contributed by atoms with van der Waals surface area (Å²) in [5.41, 5.74) is 1.76. The van der Waals surface area contributed by atoms with Crippen molar-refractivity contribution in [2.75, 3.05) is 23.7 Å². The van der Waals surface area contributed by atoms with E-state index in [-0.39, 0.29) is 17.6 Å². The molecule has 166 valence electrons. The van der Waals surface area contributed by atoms with Crippen LogP contribution in [0.1, 0.15) is 43.5 Å². The Morgan fingerprint density at radius 2 is 1.91 bits per heavy atom. The van der Waals surface area contributed by atoms with Crippen molar-refractivity contribution in [3.63, 3.8) is 0 Å². The van der Waals surface area contributed by atoms with Gasteiger partial charge < -0.3 is 15.5 Å². The van der Waals surface area contributed by atoms with Crippen molar-refractivity contribution >= 4 is 23.2 Å². The van der Waals surface area contributed by atoms with Crippen LogP contribution in [0.15, 0.2) is 60.7 Å². The second-order valence-electron chi connectivity index (χ2n) is 8.00. The molecule has 2 N–H and O–H groups in total. The van der Waals surface area contributed by atoms with E-state index >= 15 is 0 Å². The molecule has 1 fully saturated rings. The summed E-state index contributed by atoms with van der Waals surface area (Å²) in [5.74, 6) is 1.88. The number of rotatable bonds is 7. The smallest absolute Gasteiger partial charge is 0.222 e. The number of carbonyl (C=O) groups excluding carboxylic acids is 1. The molecule has 1 unspecified atom stereocenters. The van der Waals surface area contributed by atoms with Crippen LogP contribution in [0.25, 0.3) is 0 Å². The normalized spacial score (nSPS) is 15.9. The van der Waals surface area contributed by atoms with E-state index in [1.54, 1.807) is 12.1 Å². The lowest BCUT2D eigenvalue weighted by molar-refractivity contribution is -0.132. The van der Waals surface area contributed by atoms with E-state index in [0.717, 1.165) is 24.9 Å². The molecular formula is C25H28FN5O. The summed E-state index contributed by atoms with van der Waals surface area (Å²) in [4.78, 5) is 23.6. The van der Waals surface area contributed by atoms with Gasteiger partial charge in [0.1, 0.15) is 23.3 Å². The summed E-state index contributed by atoms with van der Waals surface area (Å²) in [6, 6.07) is 18.2. The van der Waals surface area contributed by atoms with Crippen molar-refractivity contribution in [3.8, 4) is 0 Å². The van der Waals surface area contributed by atoms with Crippen LogP contribution in [0.2, 0.25) is 0 Å². The number of hydrogen-bond donors (Lipinski definition) is 2. The minimum atomic E-state index is -0.312. The summed E-state index contributed by atoms with van der Waals surface area (Å²) >= 11 is 0. The molecule has 7 heteroatoms. The number of amides is 1. The van der Waals surface area contributed by atoms with Crippen molar-refractivity contribution in [1.29, 1.82) is 0 Å². The van der Waals surface area contributed by atoms with Gasteiger partial charge >= 0.3 is 0 Å². The Hall–Kier alpha value is -3.48. The van der Waals surface area contributed by atoms with Crippen molar-refractivity contribution in [2.45, 2.75) is 38.6 Å². The zero-order valence-electron chi connectivity index (χ0n) is 18.2. The third-order valence-electron chi connectivity index (χ3n) is 5.60. The van der Waals surface area contributed by atoms with Crippen molar-refractivity contribution in [3.05, 3.63) is 77.9 Å². The topological polar surface area (TPSA) is 70.2 Å². The molecule has 3 aromatic rings. The Balaban J connectivity index is 1.59. The number of piperidine rings is 1. The molecule has 0 spiro atoms. The highest BCUT2D eigenvalue weighted by Crippen LogP contribution is 2.28. The molecule has 0 aliphatic carbocycles. The van der Waals surface area contributed by atoms with E-state index < -0.39 is 0 Å². The third kappa shape index (κ3) is 5.60. The quantitative estimate of drug-likeness (QED) is 0.543. The van der Waals surface area contributed by atoms with Gasteiger partial charge in [0.15, 0.2) is 0 Å². The van der Waals surface area contributed by atoms with E-state index in [4.69, 9.17) is 9.97 Å². The Bertz CT molecular complexity index is 1060. The van der Waals surface area contributed by atoms with Crippen molar-refractivity contribution in [1.82, 2.24) is 14.9 Å². The van der Waals surface area contributed by atoms with Gasteiger partial charge in [0.2, 0.25) is 5.91 Å². The molecule has 1 aliphatic heterocycles. The number of anilines is 3. The lowest BCUT2D eigenvalue weighted by atomic mass is 9.97. The number of benzene rings is 2. The van der Waals surface area contributed by atoms with E-state index in [1.165, 1.54) is 12.1 Å². The van der Waals surface area contributed by atoms with Crippen molar-refractivity contribution < 1.29 is 9.18 Å². The summed E-state index contributed by atoms with van der Waals surface area (Å²) in [7, 11) is 0. The first kappa shape index (κ1) is 21.7. The fraction of sp³-hybridized carbons (Fsp3) is 0.320. The van der Waals surface area contributed by atoms with Gasteiger partial charge in [0.25, 0.3) is 0 Å². The van der Waals surface area contributed by atoms with Crippen LogP contribution in [0.5, 0.6) is 0 Å². The van der Waals surface area contributed by atoms with Crippen molar-refractivity contribution in [2.24, 2.45) is 0 Å². The van der Waals surface area contributed by atoms with Crippen LogP contribution in [0, 0.1) is 5.82 Å². The van der Waals surface area contributed by atoms with Gasteiger partial charge in [-0.3, -0.25) is 4.79 Å². The SMILES string of the molecule is CCC(=O)N1CCCC(c2nc(NCc3ccccc3)cc(Nc3cccc(F)c3)n2)C1. The number of hydrogen-bond acceptors (Lipinski definition) is 5. The molecule has 1 aromatic heterocycles. The highest BCUT2D eigenvalue weighted by Gasteiger charge is 2.26. The summed E-state index contributed by atoms with van der Waals surface area (Å²) in [6.45, 7) is 3.91. The van der Waals surface area contributed by atoms with Crippen LogP contribution < -0.4 is 10.6 Å². The average molecular weight is 434 g/mol. The second-order valence-corrected chi connectivity index (χ2v) is 8.00. The van der Waals surface area contributed by atoms with Gasteiger partial charge in [-0.2, -0.15) is 0 Å². The largest absolute Gasteiger partial charge is 0.366 e. The molecule has 32 heavy (non-hydrogen) atoms. The molecule has 1 saturated heterocycles. The third-order valence-corrected chi connectivity index (χ3v) is 5.60. The Kier molecular flexibility index (Phi) is 6.94. The number of halogens is 1. The Morgan fingerprint density at radius 3 is 2.69 bits per heavy atom. The molecular weight excluding hydrogens is 405 g/mol. The maximum absolute atomic E-state index is 13.7.